The molecule has 0 saturated carbocycles. The van der Waals surface area contributed by atoms with Crippen LogP contribution in [0.1, 0.15) is 25.0 Å². The van der Waals surface area contributed by atoms with E-state index in [1.165, 1.54) is 6.08 Å². The predicted octanol–water partition coefficient (Wildman–Crippen LogP) is 2.55. The second-order valence-corrected chi connectivity index (χ2v) is 4.86. The summed E-state index contributed by atoms with van der Waals surface area (Å²) in [5.74, 6) is 0.459. The monoisotopic (exact) mass is 252 g/mol. The Hall–Kier alpha value is -1.32. The summed E-state index contributed by atoms with van der Waals surface area (Å²) in [5, 5.41) is 9.48. The van der Waals surface area contributed by atoms with Crippen molar-refractivity contribution in [1.82, 2.24) is 0 Å². The van der Waals surface area contributed by atoms with Crippen molar-refractivity contribution in [1.29, 1.82) is 0 Å². The van der Waals surface area contributed by atoms with E-state index in [1.807, 2.05) is 0 Å². The number of carbonyl (C=O) groups is 1. The fourth-order valence-electron chi connectivity index (χ4n) is 1.62. The molecule has 4 heteroatoms. The van der Waals surface area contributed by atoms with Gasteiger partial charge in [-0.3, -0.25) is 4.79 Å². The van der Waals surface area contributed by atoms with Gasteiger partial charge in [0, 0.05) is 16.7 Å². The van der Waals surface area contributed by atoms with Crippen LogP contribution < -0.4 is 0 Å². The van der Waals surface area contributed by atoms with Crippen molar-refractivity contribution in [2.24, 2.45) is 0 Å². The fourth-order valence-corrected chi connectivity index (χ4v) is 1.86. The molecule has 1 N–H and O–H groups in total. The minimum absolute atomic E-state index is 0.0603. The van der Waals surface area contributed by atoms with Gasteiger partial charge in [-0.05, 0) is 25.5 Å². The number of halogens is 1. The van der Waals surface area contributed by atoms with Crippen LogP contribution in [0, 0.1) is 0 Å². The number of hydrogen-bond acceptors (Lipinski definition) is 3. The summed E-state index contributed by atoms with van der Waals surface area (Å²) in [5.41, 5.74) is 0.586. The van der Waals surface area contributed by atoms with E-state index in [2.05, 4.69) is 0 Å². The summed E-state index contributed by atoms with van der Waals surface area (Å²) in [6, 6.07) is 5.18. The fraction of sp³-hybridized carbons (Fsp3) is 0.308. The van der Waals surface area contributed by atoms with Crippen molar-refractivity contribution >= 4 is 23.1 Å². The molecule has 0 radical (unpaired) electrons. The average molecular weight is 253 g/mol. The van der Waals surface area contributed by atoms with Gasteiger partial charge in [0.15, 0.2) is 5.60 Å². The number of rotatable bonds is 2. The number of benzene rings is 1. The molecular weight excluding hydrogens is 240 g/mol. The molecule has 0 aliphatic carbocycles. The molecule has 0 bridgehead atoms. The number of carbonyl (C=O) groups excluding carboxylic acids is 1. The van der Waals surface area contributed by atoms with Crippen molar-refractivity contribution in [3.8, 4) is 0 Å². The largest absolute Gasteiger partial charge is 0.479 e. The van der Waals surface area contributed by atoms with Crippen LogP contribution in [0.25, 0.3) is 5.76 Å². The summed E-state index contributed by atoms with van der Waals surface area (Å²) in [7, 11) is 0. The topological polar surface area (TPSA) is 46.5 Å². The van der Waals surface area contributed by atoms with Gasteiger partial charge >= 0.3 is 0 Å². The maximum atomic E-state index is 11.6. The normalized spacial score (nSPS) is 17.9. The smallest absolute Gasteiger partial charge is 0.202 e. The van der Waals surface area contributed by atoms with Gasteiger partial charge in [-0.1, -0.05) is 23.7 Å². The first-order chi connectivity index (χ1) is 7.94. The summed E-state index contributed by atoms with van der Waals surface area (Å²) >= 11 is 5.99. The minimum atomic E-state index is -0.808. The van der Waals surface area contributed by atoms with Gasteiger partial charge < -0.3 is 9.84 Å². The van der Waals surface area contributed by atoms with Gasteiger partial charge in [0.05, 0.1) is 6.61 Å². The maximum Gasteiger partial charge on any atom is 0.202 e. The molecule has 0 atom stereocenters. The lowest BCUT2D eigenvalue weighted by molar-refractivity contribution is -0.125. The third kappa shape index (κ3) is 2.21. The predicted molar refractivity (Wildman–Crippen MR) is 65.5 cm³/mol. The van der Waals surface area contributed by atoms with E-state index >= 15 is 0 Å². The van der Waals surface area contributed by atoms with E-state index in [9.17, 15) is 4.79 Å². The Morgan fingerprint density at radius 1 is 1.41 bits per heavy atom. The summed E-state index contributed by atoms with van der Waals surface area (Å²) in [6.45, 7) is 3.34. The van der Waals surface area contributed by atoms with Gasteiger partial charge in [0.25, 0.3) is 0 Å². The van der Waals surface area contributed by atoms with E-state index in [0.717, 1.165) is 5.56 Å². The lowest BCUT2D eigenvalue weighted by Gasteiger charge is -2.18. The van der Waals surface area contributed by atoms with Crippen molar-refractivity contribution in [3.63, 3.8) is 0 Å². The number of hydrogen-bond donors (Lipinski definition) is 1. The van der Waals surface area contributed by atoms with Crippen LogP contribution in [-0.2, 0) is 16.1 Å². The minimum Gasteiger partial charge on any atom is -0.479 e. The second kappa shape index (κ2) is 4.17. The summed E-state index contributed by atoms with van der Waals surface area (Å²) < 4.78 is 5.57. The first-order valence-electron chi connectivity index (χ1n) is 5.29. The molecule has 0 amide bonds. The van der Waals surface area contributed by atoms with Crippen LogP contribution in [0.15, 0.2) is 24.3 Å². The SMILES string of the molecule is CC1(C)OC(c2ccc(CO)c(Cl)c2)=CC1=O. The lowest BCUT2D eigenvalue weighted by Crippen LogP contribution is -2.27. The van der Waals surface area contributed by atoms with Gasteiger partial charge in [-0.15, -0.1) is 0 Å². The number of ketones is 1. The Morgan fingerprint density at radius 3 is 2.59 bits per heavy atom. The highest BCUT2D eigenvalue weighted by Crippen LogP contribution is 2.32. The van der Waals surface area contributed by atoms with E-state index in [4.69, 9.17) is 21.4 Å². The molecule has 0 spiro atoms. The summed E-state index contributed by atoms with van der Waals surface area (Å²) in [4.78, 5) is 11.6. The first-order valence-corrected chi connectivity index (χ1v) is 5.66. The quantitative estimate of drug-likeness (QED) is 0.880. The molecule has 1 aliphatic heterocycles. The van der Waals surface area contributed by atoms with Crippen LogP contribution in [0.4, 0.5) is 0 Å². The Labute approximate surface area is 105 Å². The Balaban J connectivity index is 2.34. The molecule has 0 unspecified atom stereocenters. The van der Waals surface area contributed by atoms with Crippen LogP contribution in [0.3, 0.4) is 0 Å². The Kier molecular flexibility index (Phi) is 2.98. The van der Waals surface area contributed by atoms with Crippen molar-refractivity contribution in [3.05, 3.63) is 40.4 Å². The molecule has 1 aliphatic rings. The van der Waals surface area contributed by atoms with Gasteiger partial charge in [-0.25, -0.2) is 0 Å². The third-order valence-corrected chi connectivity index (χ3v) is 3.08. The molecule has 0 aromatic heterocycles. The molecule has 0 saturated heterocycles. The van der Waals surface area contributed by atoms with E-state index in [1.54, 1.807) is 32.0 Å². The highest BCUT2D eigenvalue weighted by molar-refractivity contribution is 6.31. The standard InChI is InChI=1S/C13H13ClO3/c1-13(2)12(16)6-11(17-13)8-3-4-9(7-15)10(14)5-8/h3-6,15H,7H2,1-2H3. The van der Waals surface area contributed by atoms with Gasteiger partial charge in [0.2, 0.25) is 5.78 Å². The number of aliphatic hydroxyl groups excluding tert-OH is 1. The van der Waals surface area contributed by atoms with Gasteiger partial charge in [-0.2, -0.15) is 0 Å². The van der Waals surface area contributed by atoms with Crippen molar-refractivity contribution in [2.45, 2.75) is 26.1 Å². The number of ether oxygens (including phenoxy) is 1. The molecule has 1 heterocycles. The van der Waals surface area contributed by atoms with Crippen molar-refractivity contribution in [2.75, 3.05) is 0 Å². The molecule has 0 fully saturated rings. The molecule has 1 aromatic rings. The van der Waals surface area contributed by atoms with E-state index < -0.39 is 5.60 Å². The first kappa shape index (κ1) is 12.1. The molecule has 2 rings (SSSR count). The zero-order valence-corrected chi connectivity index (χ0v) is 10.4. The zero-order valence-electron chi connectivity index (χ0n) is 9.66. The van der Waals surface area contributed by atoms with E-state index in [-0.39, 0.29) is 12.4 Å². The lowest BCUT2D eigenvalue weighted by atomic mass is 10.1. The highest BCUT2D eigenvalue weighted by atomic mass is 35.5. The molecule has 17 heavy (non-hydrogen) atoms. The Morgan fingerprint density at radius 2 is 2.12 bits per heavy atom. The molecule has 3 nitrogen and oxygen atoms in total. The third-order valence-electron chi connectivity index (χ3n) is 2.73. The summed E-state index contributed by atoms with van der Waals surface area (Å²) in [6.07, 6.45) is 1.48. The van der Waals surface area contributed by atoms with Crippen molar-refractivity contribution < 1.29 is 14.6 Å². The van der Waals surface area contributed by atoms with E-state index in [0.29, 0.717) is 16.3 Å². The molecule has 1 aromatic carbocycles. The average Bonchev–Trinajstić information content (AvgIpc) is 2.53. The molecular formula is C13H13ClO3. The van der Waals surface area contributed by atoms with Crippen LogP contribution in [0.5, 0.6) is 0 Å². The van der Waals surface area contributed by atoms with Crippen LogP contribution >= 0.6 is 11.6 Å². The molecule has 90 valence electrons. The van der Waals surface area contributed by atoms with Crippen LogP contribution in [0.2, 0.25) is 5.02 Å². The number of aliphatic hydroxyl groups is 1. The van der Waals surface area contributed by atoms with Gasteiger partial charge in [0.1, 0.15) is 5.76 Å². The van der Waals surface area contributed by atoms with Crippen LogP contribution in [-0.4, -0.2) is 16.5 Å². The highest BCUT2D eigenvalue weighted by Gasteiger charge is 2.35. The maximum absolute atomic E-state index is 11.6. The zero-order chi connectivity index (χ0) is 12.6. The Bertz CT molecular complexity index is 503. The second-order valence-electron chi connectivity index (χ2n) is 4.45.